The third kappa shape index (κ3) is 16.0. The van der Waals surface area contributed by atoms with Crippen LogP contribution in [0.15, 0.2) is 97.1 Å². The molecule has 0 saturated carbocycles. The van der Waals surface area contributed by atoms with Crippen LogP contribution in [0.5, 0.6) is 0 Å². The van der Waals surface area contributed by atoms with Gasteiger partial charge < -0.3 is 9.84 Å². The van der Waals surface area contributed by atoms with E-state index in [0.717, 1.165) is 38.5 Å². The lowest BCUT2D eigenvalue weighted by atomic mass is 10.2. The van der Waals surface area contributed by atoms with E-state index in [1.165, 1.54) is 45.2 Å². The number of carbonyl (C=O) groups excluding carboxylic acids is 4. The van der Waals surface area contributed by atoms with Crippen molar-refractivity contribution in [3.63, 3.8) is 0 Å². The third-order valence-corrected chi connectivity index (χ3v) is 6.71. The topological polar surface area (TPSA) is 104 Å². The molecule has 2 aromatic rings. The monoisotopic (exact) mass is 634 g/mol. The molecule has 0 fully saturated rings. The number of benzene rings is 2. The van der Waals surface area contributed by atoms with Crippen molar-refractivity contribution in [3.05, 3.63) is 108 Å². The predicted molar refractivity (Wildman–Crippen MR) is 179 cm³/mol. The number of imide groups is 2. The van der Waals surface area contributed by atoms with E-state index in [1.807, 2.05) is 85.0 Å². The van der Waals surface area contributed by atoms with Crippen molar-refractivity contribution in [2.45, 2.75) is 38.5 Å². The van der Waals surface area contributed by atoms with Gasteiger partial charge in [0.05, 0.1) is 6.61 Å². The Morgan fingerprint density at radius 1 is 0.600 bits per heavy atom. The number of rotatable bonds is 16. The van der Waals surface area contributed by atoms with E-state index in [1.54, 1.807) is 0 Å². The second-order valence-electron chi connectivity index (χ2n) is 10.0. The Bertz CT molecular complexity index is 1260. The SMILES string of the molecule is ClC/C=C/c1ccccc1.O=C1C=CC(=O)N1CCCCCO.O=C1C=CC(=O)N1CCCCCOC/C=C/c1ccccc1. The number of aliphatic hydroxyl groups is 1. The molecule has 240 valence electrons. The van der Waals surface area contributed by atoms with E-state index in [-0.39, 0.29) is 30.2 Å². The molecule has 2 aliphatic heterocycles. The standard InChI is InChI=1S/C18H21NO3.C9H9Cl.C9H13NO3/c20-17-11-12-18(21)19(17)13-5-2-6-14-22-15-7-10-16-8-3-1-4-9-16;10-8-4-7-9-5-2-1-3-6-9;11-7-3-1-2-6-10-8(12)4-5-9(10)13/h1,3-4,7-12H,2,5-6,13-15H2;1-7H,8H2;4-5,11H,1-3,6-7H2/b10-7+;7-4+;. The Labute approximate surface area is 271 Å². The van der Waals surface area contributed by atoms with Gasteiger partial charge in [-0.3, -0.25) is 29.0 Å². The Morgan fingerprint density at radius 2 is 1.04 bits per heavy atom. The highest BCUT2D eigenvalue weighted by molar-refractivity contribution is 6.19. The number of aliphatic hydroxyl groups excluding tert-OH is 1. The normalized spacial score (nSPS) is 14.0. The van der Waals surface area contributed by atoms with Crippen LogP contribution in [0.25, 0.3) is 12.2 Å². The van der Waals surface area contributed by atoms with E-state index in [2.05, 4.69) is 0 Å². The highest BCUT2D eigenvalue weighted by Gasteiger charge is 2.22. The summed E-state index contributed by atoms with van der Waals surface area (Å²) in [5, 5.41) is 8.50. The molecule has 2 aromatic carbocycles. The van der Waals surface area contributed by atoms with Gasteiger partial charge in [0.15, 0.2) is 0 Å². The van der Waals surface area contributed by atoms with Crippen molar-refractivity contribution in [3.8, 4) is 0 Å². The van der Waals surface area contributed by atoms with Crippen molar-refractivity contribution in [2.75, 3.05) is 38.8 Å². The molecule has 0 bridgehead atoms. The van der Waals surface area contributed by atoms with Gasteiger partial charge in [-0.1, -0.05) is 85.0 Å². The van der Waals surface area contributed by atoms with Crippen LogP contribution in [-0.2, 0) is 23.9 Å². The number of amides is 4. The summed E-state index contributed by atoms with van der Waals surface area (Å²) in [5.41, 5.74) is 2.36. The zero-order valence-electron chi connectivity index (χ0n) is 25.6. The number of alkyl halides is 1. The van der Waals surface area contributed by atoms with E-state index < -0.39 is 0 Å². The first-order valence-electron chi connectivity index (χ1n) is 15.2. The minimum atomic E-state index is -0.228. The fourth-order valence-corrected chi connectivity index (χ4v) is 4.25. The van der Waals surface area contributed by atoms with Gasteiger partial charge in [-0.25, -0.2) is 0 Å². The molecule has 0 radical (unpaired) electrons. The molecule has 8 nitrogen and oxygen atoms in total. The highest BCUT2D eigenvalue weighted by atomic mass is 35.5. The molecule has 0 saturated heterocycles. The maximum Gasteiger partial charge on any atom is 0.253 e. The summed E-state index contributed by atoms with van der Waals surface area (Å²) >= 11 is 5.46. The van der Waals surface area contributed by atoms with E-state index in [0.29, 0.717) is 32.2 Å². The van der Waals surface area contributed by atoms with Gasteiger partial charge in [0, 0.05) is 56.5 Å². The zero-order chi connectivity index (χ0) is 32.5. The number of nitrogens with zero attached hydrogens (tertiary/aromatic N) is 2. The zero-order valence-corrected chi connectivity index (χ0v) is 26.4. The van der Waals surface area contributed by atoms with Gasteiger partial charge in [0.2, 0.25) is 0 Å². The Balaban J connectivity index is 0.000000259. The summed E-state index contributed by atoms with van der Waals surface area (Å²) < 4.78 is 5.52. The maximum absolute atomic E-state index is 11.3. The second kappa shape index (κ2) is 23.3. The lowest BCUT2D eigenvalue weighted by Gasteiger charge is -2.12. The van der Waals surface area contributed by atoms with Gasteiger partial charge in [-0.15, -0.1) is 11.6 Å². The first kappa shape index (κ1) is 37.1. The summed E-state index contributed by atoms with van der Waals surface area (Å²) in [6.07, 6.45) is 18.2. The molecule has 0 aromatic heterocycles. The van der Waals surface area contributed by atoms with Crippen molar-refractivity contribution in [1.82, 2.24) is 9.80 Å². The van der Waals surface area contributed by atoms with Crippen LogP contribution >= 0.6 is 11.6 Å². The van der Waals surface area contributed by atoms with Crippen molar-refractivity contribution in [2.24, 2.45) is 0 Å². The number of halogens is 1. The number of allylic oxidation sites excluding steroid dienone is 1. The lowest BCUT2D eigenvalue weighted by Crippen LogP contribution is -2.30. The van der Waals surface area contributed by atoms with Gasteiger partial charge in [0.25, 0.3) is 23.6 Å². The number of hydrogen-bond acceptors (Lipinski definition) is 6. The quantitative estimate of drug-likeness (QED) is 0.142. The first-order valence-corrected chi connectivity index (χ1v) is 15.7. The Hall–Kier alpha value is -4.11. The molecule has 45 heavy (non-hydrogen) atoms. The highest BCUT2D eigenvalue weighted by Crippen LogP contribution is 2.08. The van der Waals surface area contributed by atoms with Gasteiger partial charge in [-0.05, 0) is 49.7 Å². The van der Waals surface area contributed by atoms with E-state index >= 15 is 0 Å². The molecule has 2 heterocycles. The molecular weight excluding hydrogens is 592 g/mol. The Kier molecular flexibility index (Phi) is 19.2. The fourth-order valence-electron chi connectivity index (χ4n) is 4.16. The fraction of sp³-hybridized carbons (Fsp3) is 0.333. The van der Waals surface area contributed by atoms with Crippen molar-refractivity contribution < 1.29 is 29.0 Å². The van der Waals surface area contributed by atoms with Gasteiger partial charge >= 0.3 is 0 Å². The van der Waals surface area contributed by atoms with Crippen LogP contribution in [0, 0.1) is 0 Å². The lowest BCUT2D eigenvalue weighted by molar-refractivity contribution is -0.138. The van der Waals surface area contributed by atoms with Crippen LogP contribution in [0.2, 0.25) is 0 Å². The van der Waals surface area contributed by atoms with Crippen LogP contribution in [0.1, 0.15) is 49.7 Å². The molecule has 4 amide bonds. The number of ether oxygens (including phenoxy) is 1. The predicted octanol–water partition coefficient (Wildman–Crippen LogP) is 5.82. The summed E-state index contributed by atoms with van der Waals surface area (Å²) in [5.74, 6) is -0.280. The van der Waals surface area contributed by atoms with Crippen molar-refractivity contribution >= 4 is 47.4 Å². The largest absolute Gasteiger partial charge is 0.396 e. The van der Waals surface area contributed by atoms with Gasteiger partial charge in [0.1, 0.15) is 0 Å². The summed E-state index contributed by atoms with van der Waals surface area (Å²) in [7, 11) is 0. The molecule has 1 N–H and O–H groups in total. The minimum absolute atomic E-state index is 0.167. The summed E-state index contributed by atoms with van der Waals surface area (Å²) in [4.78, 5) is 47.2. The molecule has 0 unspecified atom stereocenters. The average molecular weight is 635 g/mol. The molecule has 0 atom stereocenters. The summed E-state index contributed by atoms with van der Waals surface area (Å²) in [6.45, 7) is 2.42. The number of carbonyl (C=O) groups is 4. The van der Waals surface area contributed by atoms with Crippen molar-refractivity contribution in [1.29, 1.82) is 0 Å². The van der Waals surface area contributed by atoms with Crippen LogP contribution in [-0.4, -0.2) is 77.3 Å². The smallest absolute Gasteiger partial charge is 0.253 e. The van der Waals surface area contributed by atoms with E-state index in [4.69, 9.17) is 21.4 Å². The number of hydrogen-bond donors (Lipinski definition) is 1. The Morgan fingerprint density at radius 3 is 1.49 bits per heavy atom. The molecule has 0 aliphatic carbocycles. The maximum atomic E-state index is 11.3. The van der Waals surface area contributed by atoms with Gasteiger partial charge in [-0.2, -0.15) is 0 Å². The number of unbranched alkanes of at least 4 members (excludes halogenated alkanes) is 4. The minimum Gasteiger partial charge on any atom is -0.396 e. The first-order chi connectivity index (χ1) is 22.0. The molecule has 9 heteroatoms. The third-order valence-electron chi connectivity index (χ3n) is 6.53. The molecule has 2 aliphatic rings. The van der Waals surface area contributed by atoms with Crippen LogP contribution < -0.4 is 0 Å². The van der Waals surface area contributed by atoms with E-state index in [9.17, 15) is 19.2 Å². The molecule has 4 rings (SSSR count). The van der Waals surface area contributed by atoms with Crippen LogP contribution in [0.3, 0.4) is 0 Å². The summed E-state index contributed by atoms with van der Waals surface area (Å²) in [6, 6.07) is 20.2. The molecular formula is C36H43ClN2O6. The average Bonchev–Trinajstić information content (AvgIpc) is 3.56. The molecule has 0 spiro atoms. The second-order valence-corrected chi connectivity index (χ2v) is 10.3. The van der Waals surface area contributed by atoms with Crippen LogP contribution in [0.4, 0.5) is 0 Å².